The Morgan fingerprint density at radius 2 is 2.00 bits per heavy atom. The fourth-order valence-electron chi connectivity index (χ4n) is 2.63. The molecule has 110 valence electrons. The molecule has 0 aliphatic heterocycles. The van der Waals surface area contributed by atoms with Crippen molar-refractivity contribution in [3.8, 4) is 0 Å². The van der Waals surface area contributed by atoms with Crippen molar-refractivity contribution in [1.29, 1.82) is 0 Å². The predicted octanol–water partition coefficient (Wildman–Crippen LogP) is 2.32. The van der Waals surface area contributed by atoms with Gasteiger partial charge in [0.15, 0.2) is 0 Å². The third kappa shape index (κ3) is 5.29. The van der Waals surface area contributed by atoms with Gasteiger partial charge in [0.25, 0.3) is 0 Å². The molecule has 2 rings (SSSR count). The van der Waals surface area contributed by atoms with E-state index in [1.807, 2.05) is 25.3 Å². The van der Waals surface area contributed by atoms with Gasteiger partial charge in [0.1, 0.15) is 0 Å². The standard InChI is InChI=1S/C16H25N3O/c1-13-8-9-14(11-18-13)10-17-12-16(20)19-15-6-4-2-3-5-7-15/h8-9,11,15,17H,2-7,10,12H2,1H3,(H,19,20). The van der Waals surface area contributed by atoms with Crippen LogP contribution in [0.5, 0.6) is 0 Å². The van der Waals surface area contributed by atoms with E-state index in [0.29, 0.717) is 19.1 Å². The summed E-state index contributed by atoms with van der Waals surface area (Å²) in [7, 11) is 0. The Labute approximate surface area is 121 Å². The van der Waals surface area contributed by atoms with Gasteiger partial charge in [-0.1, -0.05) is 31.7 Å². The highest BCUT2D eigenvalue weighted by Crippen LogP contribution is 2.16. The van der Waals surface area contributed by atoms with Gasteiger partial charge in [-0.05, 0) is 31.4 Å². The minimum atomic E-state index is 0.108. The van der Waals surface area contributed by atoms with Gasteiger partial charge in [0, 0.05) is 24.5 Å². The largest absolute Gasteiger partial charge is 0.352 e. The number of amides is 1. The molecular formula is C16H25N3O. The minimum Gasteiger partial charge on any atom is -0.352 e. The molecule has 2 N–H and O–H groups in total. The van der Waals surface area contributed by atoms with Crippen LogP contribution in [0.15, 0.2) is 18.3 Å². The van der Waals surface area contributed by atoms with E-state index in [0.717, 1.165) is 24.1 Å². The number of aryl methyl sites for hydroxylation is 1. The molecule has 0 bridgehead atoms. The monoisotopic (exact) mass is 275 g/mol. The molecule has 1 aromatic heterocycles. The van der Waals surface area contributed by atoms with E-state index in [2.05, 4.69) is 15.6 Å². The van der Waals surface area contributed by atoms with Gasteiger partial charge >= 0.3 is 0 Å². The fraction of sp³-hybridized carbons (Fsp3) is 0.625. The summed E-state index contributed by atoms with van der Waals surface area (Å²) >= 11 is 0. The van der Waals surface area contributed by atoms with Crippen LogP contribution in [-0.4, -0.2) is 23.5 Å². The fourth-order valence-corrected chi connectivity index (χ4v) is 2.63. The van der Waals surface area contributed by atoms with Crippen molar-refractivity contribution >= 4 is 5.91 Å². The third-order valence-electron chi connectivity index (χ3n) is 3.81. The normalized spacial score (nSPS) is 16.6. The molecule has 4 nitrogen and oxygen atoms in total. The van der Waals surface area contributed by atoms with Gasteiger partial charge in [-0.2, -0.15) is 0 Å². The molecule has 1 aliphatic rings. The zero-order chi connectivity index (χ0) is 14.2. The highest BCUT2D eigenvalue weighted by molar-refractivity contribution is 5.78. The first kappa shape index (κ1) is 15.0. The molecule has 0 radical (unpaired) electrons. The Bertz CT molecular complexity index is 408. The number of aromatic nitrogens is 1. The van der Waals surface area contributed by atoms with Crippen LogP contribution in [0.2, 0.25) is 0 Å². The molecule has 1 aliphatic carbocycles. The molecule has 0 unspecified atom stereocenters. The van der Waals surface area contributed by atoms with Gasteiger partial charge in [0.2, 0.25) is 5.91 Å². The van der Waals surface area contributed by atoms with E-state index in [4.69, 9.17) is 0 Å². The van der Waals surface area contributed by atoms with Crippen molar-refractivity contribution in [2.45, 2.75) is 58.0 Å². The molecule has 20 heavy (non-hydrogen) atoms. The van der Waals surface area contributed by atoms with E-state index in [1.165, 1.54) is 25.7 Å². The van der Waals surface area contributed by atoms with Crippen molar-refractivity contribution in [1.82, 2.24) is 15.6 Å². The van der Waals surface area contributed by atoms with E-state index in [-0.39, 0.29) is 5.91 Å². The van der Waals surface area contributed by atoms with Crippen molar-refractivity contribution in [3.05, 3.63) is 29.6 Å². The Hall–Kier alpha value is -1.42. The van der Waals surface area contributed by atoms with Crippen LogP contribution in [0.1, 0.15) is 49.8 Å². The second-order valence-electron chi connectivity index (χ2n) is 5.67. The molecule has 1 fully saturated rings. The second kappa shape index (κ2) is 8.00. The lowest BCUT2D eigenvalue weighted by molar-refractivity contribution is -0.121. The van der Waals surface area contributed by atoms with Crippen molar-refractivity contribution < 1.29 is 4.79 Å². The first-order chi connectivity index (χ1) is 9.74. The Morgan fingerprint density at radius 1 is 1.25 bits per heavy atom. The number of nitrogens with one attached hydrogen (secondary N) is 2. The summed E-state index contributed by atoms with van der Waals surface area (Å²) in [5.41, 5.74) is 2.12. The Kier molecular flexibility index (Phi) is 5.99. The third-order valence-corrected chi connectivity index (χ3v) is 3.81. The number of nitrogens with zero attached hydrogens (tertiary/aromatic N) is 1. The molecule has 1 aromatic rings. The summed E-state index contributed by atoms with van der Waals surface area (Å²) < 4.78 is 0. The smallest absolute Gasteiger partial charge is 0.234 e. The lowest BCUT2D eigenvalue weighted by Crippen LogP contribution is -2.40. The SMILES string of the molecule is Cc1ccc(CNCC(=O)NC2CCCCCC2)cn1. The summed E-state index contributed by atoms with van der Waals surface area (Å²) in [6.45, 7) is 3.03. The summed E-state index contributed by atoms with van der Waals surface area (Å²) in [5.74, 6) is 0.108. The second-order valence-corrected chi connectivity index (χ2v) is 5.67. The van der Waals surface area contributed by atoms with Gasteiger partial charge in [-0.15, -0.1) is 0 Å². The van der Waals surface area contributed by atoms with Crippen LogP contribution in [0.4, 0.5) is 0 Å². The predicted molar refractivity (Wildman–Crippen MR) is 80.3 cm³/mol. The van der Waals surface area contributed by atoms with Crippen LogP contribution in [-0.2, 0) is 11.3 Å². The Balaban J connectivity index is 1.65. The number of rotatable bonds is 5. The number of hydrogen-bond donors (Lipinski definition) is 2. The van der Waals surface area contributed by atoms with Gasteiger partial charge < -0.3 is 10.6 Å². The van der Waals surface area contributed by atoms with Crippen LogP contribution in [0, 0.1) is 6.92 Å². The van der Waals surface area contributed by atoms with Crippen molar-refractivity contribution in [2.75, 3.05) is 6.54 Å². The first-order valence-corrected chi connectivity index (χ1v) is 7.65. The topological polar surface area (TPSA) is 54.0 Å². The highest BCUT2D eigenvalue weighted by atomic mass is 16.1. The Morgan fingerprint density at radius 3 is 2.65 bits per heavy atom. The van der Waals surface area contributed by atoms with Crippen molar-refractivity contribution in [2.24, 2.45) is 0 Å². The molecule has 1 amide bonds. The summed E-state index contributed by atoms with van der Waals surface area (Å²) in [5, 5.41) is 6.31. The number of carbonyl (C=O) groups excluding carboxylic acids is 1. The maximum Gasteiger partial charge on any atom is 0.234 e. The molecular weight excluding hydrogens is 250 g/mol. The minimum absolute atomic E-state index is 0.108. The molecule has 0 aromatic carbocycles. The van der Waals surface area contributed by atoms with E-state index >= 15 is 0 Å². The van der Waals surface area contributed by atoms with E-state index in [9.17, 15) is 4.79 Å². The average Bonchev–Trinajstić information content (AvgIpc) is 2.70. The van der Waals surface area contributed by atoms with Gasteiger partial charge in [-0.25, -0.2) is 0 Å². The van der Waals surface area contributed by atoms with Crippen molar-refractivity contribution in [3.63, 3.8) is 0 Å². The van der Waals surface area contributed by atoms with E-state index in [1.54, 1.807) is 0 Å². The van der Waals surface area contributed by atoms with Crippen LogP contribution in [0.3, 0.4) is 0 Å². The molecule has 1 heterocycles. The average molecular weight is 275 g/mol. The number of hydrogen-bond acceptors (Lipinski definition) is 3. The quantitative estimate of drug-likeness (QED) is 0.811. The molecule has 0 saturated heterocycles. The summed E-state index contributed by atoms with van der Waals surface area (Å²) in [6.07, 6.45) is 9.23. The first-order valence-electron chi connectivity index (χ1n) is 7.65. The summed E-state index contributed by atoms with van der Waals surface area (Å²) in [6, 6.07) is 4.41. The maximum absolute atomic E-state index is 11.9. The van der Waals surface area contributed by atoms with Crippen LogP contribution >= 0.6 is 0 Å². The van der Waals surface area contributed by atoms with Gasteiger partial charge in [0.05, 0.1) is 6.54 Å². The molecule has 4 heteroatoms. The maximum atomic E-state index is 11.9. The molecule has 1 saturated carbocycles. The number of pyridine rings is 1. The zero-order valence-corrected chi connectivity index (χ0v) is 12.3. The van der Waals surface area contributed by atoms with E-state index < -0.39 is 0 Å². The molecule has 0 spiro atoms. The summed E-state index contributed by atoms with van der Waals surface area (Å²) in [4.78, 5) is 16.1. The van der Waals surface area contributed by atoms with Crippen LogP contribution in [0.25, 0.3) is 0 Å². The van der Waals surface area contributed by atoms with Crippen LogP contribution < -0.4 is 10.6 Å². The lowest BCUT2D eigenvalue weighted by atomic mass is 10.1. The lowest BCUT2D eigenvalue weighted by Gasteiger charge is -2.16. The molecule has 0 atom stereocenters. The number of carbonyl (C=O) groups is 1. The van der Waals surface area contributed by atoms with Gasteiger partial charge in [-0.3, -0.25) is 9.78 Å². The zero-order valence-electron chi connectivity index (χ0n) is 12.3. The highest BCUT2D eigenvalue weighted by Gasteiger charge is 2.14.